The van der Waals surface area contributed by atoms with Gasteiger partial charge in [0.2, 0.25) is 5.91 Å². The number of carbonyl (C=O) groups excluding carboxylic acids is 2. The maximum Gasteiger partial charge on any atom is 0.407 e. The molecule has 0 unspecified atom stereocenters. The summed E-state index contributed by atoms with van der Waals surface area (Å²) in [6.07, 6.45) is 4.66. The third-order valence-electron chi connectivity index (χ3n) is 6.61. The summed E-state index contributed by atoms with van der Waals surface area (Å²) in [5.41, 5.74) is 4.64. The van der Waals surface area contributed by atoms with Gasteiger partial charge in [0, 0.05) is 17.9 Å². The van der Waals surface area contributed by atoms with Crippen molar-refractivity contribution in [3.63, 3.8) is 0 Å². The fraction of sp³-hybridized carbons (Fsp3) is 0.370. The molecule has 0 saturated carbocycles. The van der Waals surface area contributed by atoms with E-state index in [1.54, 1.807) is 0 Å². The van der Waals surface area contributed by atoms with Crippen molar-refractivity contribution in [1.29, 1.82) is 0 Å². The van der Waals surface area contributed by atoms with Gasteiger partial charge in [-0.15, -0.1) is 0 Å². The summed E-state index contributed by atoms with van der Waals surface area (Å²) in [6.45, 7) is 2.07. The largest absolute Gasteiger partial charge is 0.481 e. The Balaban J connectivity index is 1.32. The highest BCUT2D eigenvalue weighted by Crippen LogP contribution is 2.44. The minimum Gasteiger partial charge on any atom is -0.481 e. The predicted octanol–water partition coefficient (Wildman–Crippen LogP) is 4.23. The highest BCUT2D eigenvalue weighted by Gasteiger charge is 2.30. The van der Waals surface area contributed by atoms with Crippen LogP contribution in [-0.2, 0) is 14.3 Å². The lowest BCUT2D eigenvalue weighted by molar-refractivity contribution is -0.137. The first-order valence-electron chi connectivity index (χ1n) is 11.8. The second kappa shape index (κ2) is 10.5. The summed E-state index contributed by atoms with van der Waals surface area (Å²) in [4.78, 5) is 36.2. The zero-order valence-corrected chi connectivity index (χ0v) is 19.2. The number of nitrogens with one attached hydrogen (secondary N) is 2. The molecular weight excluding hydrogens is 432 g/mol. The maximum atomic E-state index is 12.6. The molecule has 0 aliphatic heterocycles. The van der Waals surface area contributed by atoms with Crippen molar-refractivity contribution in [3.8, 4) is 11.1 Å². The number of fused-ring (bicyclic) bond motifs is 3. The van der Waals surface area contributed by atoms with Gasteiger partial charge in [-0.25, -0.2) is 4.79 Å². The van der Waals surface area contributed by atoms with E-state index in [4.69, 9.17) is 9.84 Å². The first kappa shape index (κ1) is 23.5. The Hall–Kier alpha value is -3.61. The van der Waals surface area contributed by atoms with E-state index in [0.717, 1.165) is 11.1 Å². The molecule has 3 atom stereocenters. The second-order valence-electron chi connectivity index (χ2n) is 8.88. The van der Waals surface area contributed by atoms with Gasteiger partial charge in [-0.1, -0.05) is 67.6 Å². The molecule has 2 amide bonds. The molecule has 3 N–H and O–H groups in total. The summed E-state index contributed by atoms with van der Waals surface area (Å²) in [5.74, 6) is -1.47. The molecule has 0 saturated heterocycles. The Morgan fingerprint density at radius 1 is 1.06 bits per heavy atom. The summed E-state index contributed by atoms with van der Waals surface area (Å²) in [6, 6.07) is 15.6. The molecule has 34 heavy (non-hydrogen) atoms. The topological polar surface area (TPSA) is 105 Å². The van der Waals surface area contributed by atoms with Gasteiger partial charge in [-0.05, 0) is 41.5 Å². The van der Waals surface area contributed by atoms with Gasteiger partial charge in [0.15, 0.2) is 0 Å². The van der Waals surface area contributed by atoms with Crippen LogP contribution in [0.3, 0.4) is 0 Å². The van der Waals surface area contributed by atoms with E-state index in [9.17, 15) is 14.4 Å². The van der Waals surface area contributed by atoms with Crippen molar-refractivity contribution in [3.05, 3.63) is 71.8 Å². The lowest BCUT2D eigenvalue weighted by atomic mass is 9.90. The number of hydrogen-bond donors (Lipinski definition) is 3. The van der Waals surface area contributed by atoms with E-state index in [1.165, 1.54) is 11.1 Å². The number of aliphatic carboxylic acids is 1. The molecular formula is C27H30N2O5. The first-order chi connectivity index (χ1) is 16.5. The number of hydrogen-bond acceptors (Lipinski definition) is 4. The zero-order chi connectivity index (χ0) is 24.1. The molecule has 0 spiro atoms. The molecule has 178 valence electrons. The van der Waals surface area contributed by atoms with Crippen molar-refractivity contribution in [2.24, 2.45) is 5.92 Å². The average molecular weight is 463 g/mol. The molecule has 2 aliphatic carbocycles. The quantitative estimate of drug-likeness (QED) is 0.509. The lowest BCUT2D eigenvalue weighted by Crippen LogP contribution is -2.44. The smallest absolute Gasteiger partial charge is 0.407 e. The molecule has 0 bridgehead atoms. The van der Waals surface area contributed by atoms with Crippen LogP contribution in [0.4, 0.5) is 4.79 Å². The fourth-order valence-electron chi connectivity index (χ4n) is 4.83. The summed E-state index contributed by atoms with van der Waals surface area (Å²) < 4.78 is 5.61. The number of amides is 2. The van der Waals surface area contributed by atoms with Crippen LogP contribution in [0, 0.1) is 5.92 Å². The fourth-order valence-corrected chi connectivity index (χ4v) is 4.83. The summed E-state index contributed by atoms with van der Waals surface area (Å²) >= 11 is 0. The van der Waals surface area contributed by atoms with Gasteiger partial charge < -0.3 is 20.5 Å². The van der Waals surface area contributed by atoms with Crippen LogP contribution in [0.15, 0.2) is 60.7 Å². The van der Waals surface area contributed by atoms with Crippen LogP contribution < -0.4 is 10.6 Å². The van der Waals surface area contributed by atoms with Gasteiger partial charge in [0.1, 0.15) is 6.61 Å². The number of carboxylic acid groups (broad SMARTS) is 1. The Kier molecular flexibility index (Phi) is 7.30. The third kappa shape index (κ3) is 5.30. The molecule has 0 aromatic heterocycles. The molecule has 0 fully saturated rings. The van der Waals surface area contributed by atoms with E-state index in [2.05, 4.69) is 34.9 Å². The second-order valence-corrected chi connectivity index (χ2v) is 8.88. The highest BCUT2D eigenvalue weighted by atomic mass is 16.5. The van der Waals surface area contributed by atoms with Gasteiger partial charge in [0.25, 0.3) is 0 Å². The number of rotatable bonds is 8. The predicted molar refractivity (Wildman–Crippen MR) is 128 cm³/mol. The van der Waals surface area contributed by atoms with E-state index in [-0.39, 0.29) is 36.8 Å². The van der Waals surface area contributed by atoms with Crippen LogP contribution in [0.5, 0.6) is 0 Å². The van der Waals surface area contributed by atoms with Crippen LogP contribution in [-0.4, -0.2) is 41.8 Å². The molecule has 7 heteroatoms. The Bertz CT molecular complexity index is 1050. The zero-order valence-electron chi connectivity index (χ0n) is 19.2. The number of carboxylic acids is 1. The number of alkyl carbamates (subject to hydrolysis) is 1. The van der Waals surface area contributed by atoms with E-state index in [1.807, 2.05) is 43.3 Å². The molecule has 7 nitrogen and oxygen atoms in total. The van der Waals surface area contributed by atoms with Crippen molar-refractivity contribution in [2.75, 3.05) is 6.61 Å². The molecule has 2 aromatic carbocycles. The minimum absolute atomic E-state index is 0.0150. The summed E-state index contributed by atoms with van der Waals surface area (Å²) in [5, 5.41) is 14.7. The molecule has 0 heterocycles. The van der Waals surface area contributed by atoms with Crippen molar-refractivity contribution >= 4 is 18.0 Å². The van der Waals surface area contributed by atoms with E-state index >= 15 is 0 Å². The maximum absolute atomic E-state index is 12.6. The number of benzene rings is 2. The van der Waals surface area contributed by atoms with Crippen molar-refractivity contribution in [1.82, 2.24) is 10.6 Å². The highest BCUT2D eigenvalue weighted by molar-refractivity contribution is 5.81. The molecule has 4 rings (SSSR count). The number of ether oxygens (including phenoxy) is 1. The monoisotopic (exact) mass is 462 g/mol. The van der Waals surface area contributed by atoms with Crippen molar-refractivity contribution < 1.29 is 24.2 Å². The standard InChI is InChI=1S/C27H30N2O5/c1-2-18(15-25(30)31)28-26(32)17-8-7-9-19(14-17)29-27(33)34-16-24-22-12-5-3-10-20(22)21-11-4-6-13-23(21)24/h3-7,9-13,17-19,24H,2,8,14-16H2,1H3,(H,28,32)(H,29,33)(H,30,31)/t17-,18+,19-/m1/s1. The normalized spacial score (nSPS) is 19.6. The van der Waals surface area contributed by atoms with Gasteiger partial charge in [-0.3, -0.25) is 9.59 Å². The molecule has 0 radical (unpaired) electrons. The number of carbonyl (C=O) groups is 3. The van der Waals surface area contributed by atoms with Crippen LogP contribution in [0.1, 0.15) is 49.7 Å². The van der Waals surface area contributed by atoms with Gasteiger partial charge in [0.05, 0.1) is 12.5 Å². The number of allylic oxidation sites excluding steroid dienone is 1. The Labute approximate surface area is 199 Å². The van der Waals surface area contributed by atoms with Crippen LogP contribution >= 0.6 is 0 Å². The van der Waals surface area contributed by atoms with E-state index < -0.39 is 18.1 Å². The van der Waals surface area contributed by atoms with Crippen molar-refractivity contribution in [2.45, 2.75) is 50.6 Å². The third-order valence-corrected chi connectivity index (χ3v) is 6.61. The Morgan fingerprint density at radius 3 is 2.32 bits per heavy atom. The average Bonchev–Trinajstić information content (AvgIpc) is 3.16. The molecule has 2 aliphatic rings. The summed E-state index contributed by atoms with van der Waals surface area (Å²) in [7, 11) is 0. The van der Waals surface area contributed by atoms with Gasteiger partial charge >= 0.3 is 12.1 Å². The van der Waals surface area contributed by atoms with Crippen LogP contribution in [0.25, 0.3) is 11.1 Å². The van der Waals surface area contributed by atoms with Gasteiger partial charge in [-0.2, -0.15) is 0 Å². The van der Waals surface area contributed by atoms with E-state index in [0.29, 0.717) is 19.3 Å². The van der Waals surface area contributed by atoms with Crippen LogP contribution in [0.2, 0.25) is 0 Å². The SMILES string of the molecule is CC[C@@H](CC(=O)O)NC(=O)[C@@H]1CC=C[C@@H](NC(=O)OCC2c3ccccc3-c3ccccc32)C1. The lowest BCUT2D eigenvalue weighted by Gasteiger charge is -2.26. The minimum atomic E-state index is -0.939. The molecule has 2 aromatic rings. The first-order valence-corrected chi connectivity index (χ1v) is 11.8. The Morgan fingerprint density at radius 2 is 1.71 bits per heavy atom.